The standard InChI is InChI=1S/C12H22N4/c1-4-10-6-11(7-10)5-9(2)13-12-8-16(3)15-14-12/h8-11,13H,4-7H2,1-3H3. The van der Waals surface area contributed by atoms with Crippen LogP contribution in [0.2, 0.25) is 0 Å². The molecule has 0 saturated heterocycles. The van der Waals surface area contributed by atoms with Crippen LogP contribution in [0.15, 0.2) is 6.20 Å². The number of hydrogen-bond acceptors (Lipinski definition) is 3. The summed E-state index contributed by atoms with van der Waals surface area (Å²) in [6.45, 7) is 4.52. The van der Waals surface area contributed by atoms with Gasteiger partial charge in [-0.15, -0.1) is 5.10 Å². The van der Waals surface area contributed by atoms with Crippen molar-refractivity contribution in [3.63, 3.8) is 0 Å². The van der Waals surface area contributed by atoms with Crippen molar-refractivity contribution in [1.29, 1.82) is 0 Å². The first-order chi connectivity index (χ1) is 7.67. The molecule has 1 aromatic rings. The van der Waals surface area contributed by atoms with Crippen molar-refractivity contribution >= 4 is 5.82 Å². The van der Waals surface area contributed by atoms with E-state index in [1.807, 2.05) is 13.2 Å². The maximum absolute atomic E-state index is 4.04. The number of aromatic nitrogens is 3. The van der Waals surface area contributed by atoms with Gasteiger partial charge in [-0.3, -0.25) is 4.68 Å². The minimum Gasteiger partial charge on any atom is -0.365 e. The van der Waals surface area contributed by atoms with Crippen LogP contribution in [0.1, 0.15) is 39.5 Å². The topological polar surface area (TPSA) is 42.7 Å². The molecular weight excluding hydrogens is 200 g/mol. The third-order valence-corrected chi connectivity index (χ3v) is 3.59. The molecule has 0 amide bonds. The maximum Gasteiger partial charge on any atom is 0.168 e. The minimum atomic E-state index is 0.500. The summed E-state index contributed by atoms with van der Waals surface area (Å²) >= 11 is 0. The molecule has 1 aliphatic carbocycles. The summed E-state index contributed by atoms with van der Waals surface area (Å²) in [5, 5.41) is 11.4. The Labute approximate surface area is 97.4 Å². The van der Waals surface area contributed by atoms with E-state index in [0.29, 0.717) is 6.04 Å². The van der Waals surface area contributed by atoms with Crippen LogP contribution >= 0.6 is 0 Å². The summed E-state index contributed by atoms with van der Waals surface area (Å²) in [5.74, 6) is 2.80. The smallest absolute Gasteiger partial charge is 0.168 e. The Hall–Kier alpha value is -1.06. The van der Waals surface area contributed by atoms with Crippen molar-refractivity contribution in [2.24, 2.45) is 18.9 Å². The average Bonchev–Trinajstić information content (AvgIpc) is 2.57. The predicted octanol–water partition coefficient (Wildman–Crippen LogP) is 2.44. The van der Waals surface area contributed by atoms with Crippen LogP contribution < -0.4 is 5.32 Å². The highest BCUT2D eigenvalue weighted by Gasteiger charge is 2.28. The summed E-state index contributed by atoms with van der Waals surface area (Å²) in [6, 6.07) is 0.500. The van der Waals surface area contributed by atoms with Crippen molar-refractivity contribution in [1.82, 2.24) is 15.0 Å². The molecule has 0 radical (unpaired) electrons. The van der Waals surface area contributed by atoms with Gasteiger partial charge in [0.15, 0.2) is 5.82 Å². The average molecular weight is 222 g/mol. The van der Waals surface area contributed by atoms with E-state index in [1.165, 1.54) is 25.7 Å². The molecule has 1 N–H and O–H groups in total. The molecule has 2 rings (SSSR count). The summed E-state index contributed by atoms with van der Waals surface area (Å²) in [6.07, 6.45) is 7.37. The predicted molar refractivity (Wildman–Crippen MR) is 65.2 cm³/mol. The minimum absolute atomic E-state index is 0.500. The van der Waals surface area contributed by atoms with Gasteiger partial charge in [0.05, 0.1) is 6.20 Å². The molecule has 90 valence electrons. The molecule has 0 bridgehead atoms. The van der Waals surface area contributed by atoms with Crippen LogP contribution in [0.4, 0.5) is 5.82 Å². The fourth-order valence-corrected chi connectivity index (χ4v) is 2.62. The molecule has 4 heteroatoms. The Bertz CT molecular complexity index is 328. The Morgan fingerprint density at radius 1 is 1.50 bits per heavy atom. The zero-order valence-electron chi connectivity index (χ0n) is 10.5. The number of nitrogens with zero attached hydrogens (tertiary/aromatic N) is 3. The van der Waals surface area contributed by atoms with Gasteiger partial charge in [0.1, 0.15) is 0 Å². The highest BCUT2D eigenvalue weighted by atomic mass is 15.4. The zero-order chi connectivity index (χ0) is 11.5. The second kappa shape index (κ2) is 4.85. The van der Waals surface area contributed by atoms with Gasteiger partial charge in [-0.1, -0.05) is 18.6 Å². The van der Waals surface area contributed by atoms with Gasteiger partial charge in [0.2, 0.25) is 0 Å². The molecular formula is C12H22N4. The lowest BCUT2D eigenvalue weighted by atomic mass is 9.71. The first-order valence-corrected chi connectivity index (χ1v) is 6.30. The largest absolute Gasteiger partial charge is 0.365 e. The van der Waals surface area contributed by atoms with Gasteiger partial charge >= 0.3 is 0 Å². The summed E-state index contributed by atoms with van der Waals surface area (Å²) < 4.78 is 1.73. The molecule has 1 saturated carbocycles. The van der Waals surface area contributed by atoms with Gasteiger partial charge in [-0.2, -0.15) is 0 Å². The van der Waals surface area contributed by atoms with Gasteiger partial charge in [0, 0.05) is 13.1 Å². The Kier molecular flexibility index (Phi) is 3.46. The second-order valence-corrected chi connectivity index (χ2v) is 5.17. The fourth-order valence-electron chi connectivity index (χ4n) is 2.62. The summed E-state index contributed by atoms with van der Waals surface area (Å²) in [7, 11) is 1.89. The van der Waals surface area contributed by atoms with Crippen molar-refractivity contribution < 1.29 is 0 Å². The third kappa shape index (κ3) is 2.74. The third-order valence-electron chi connectivity index (χ3n) is 3.59. The normalized spacial score (nSPS) is 26.2. The quantitative estimate of drug-likeness (QED) is 0.832. The monoisotopic (exact) mass is 222 g/mol. The number of nitrogens with one attached hydrogen (secondary N) is 1. The van der Waals surface area contributed by atoms with E-state index >= 15 is 0 Å². The van der Waals surface area contributed by atoms with Crippen LogP contribution in [0.5, 0.6) is 0 Å². The van der Waals surface area contributed by atoms with Crippen molar-refractivity contribution in [3.05, 3.63) is 6.20 Å². The lowest BCUT2D eigenvalue weighted by Crippen LogP contribution is -2.29. The van der Waals surface area contributed by atoms with Crippen LogP contribution in [0, 0.1) is 11.8 Å². The number of rotatable bonds is 5. The van der Waals surface area contributed by atoms with Crippen LogP contribution in [-0.4, -0.2) is 21.0 Å². The number of aryl methyl sites for hydroxylation is 1. The van der Waals surface area contributed by atoms with Crippen LogP contribution in [0.3, 0.4) is 0 Å². The molecule has 1 aliphatic rings. The molecule has 16 heavy (non-hydrogen) atoms. The molecule has 1 aromatic heterocycles. The lowest BCUT2D eigenvalue weighted by Gasteiger charge is -2.36. The maximum atomic E-state index is 4.04. The number of anilines is 1. The van der Waals surface area contributed by atoms with Crippen molar-refractivity contribution in [2.75, 3.05) is 5.32 Å². The van der Waals surface area contributed by atoms with Gasteiger partial charge < -0.3 is 5.32 Å². The number of hydrogen-bond donors (Lipinski definition) is 1. The molecule has 0 spiro atoms. The zero-order valence-corrected chi connectivity index (χ0v) is 10.5. The Balaban J connectivity index is 1.71. The van der Waals surface area contributed by atoms with E-state index in [9.17, 15) is 0 Å². The van der Waals surface area contributed by atoms with Crippen LogP contribution in [-0.2, 0) is 7.05 Å². The van der Waals surface area contributed by atoms with E-state index in [-0.39, 0.29) is 0 Å². The Morgan fingerprint density at radius 3 is 2.81 bits per heavy atom. The molecule has 1 heterocycles. The summed E-state index contributed by atoms with van der Waals surface area (Å²) in [5.41, 5.74) is 0. The highest BCUT2D eigenvalue weighted by molar-refractivity contribution is 5.30. The highest BCUT2D eigenvalue weighted by Crippen LogP contribution is 2.38. The van der Waals surface area contributed by atoms with Gasteiger partial charge in [-0.25, -0.2) is 0 Å². The first-order valence-electron chi connectivity index (χ1n) is 6.30. The van der Waals surface area contributed by atoms with Crippen LogP contribution in [0.25, 0.3) is 0 Å². The van der Waals surface area contributed by atoms with E-state index in [0.717, 1.165) is 17.7 Å². The van der Waals surface area contributed by atoms with Gasteiger partial charge in [-0.05, 0) is 38.0 Å². The van der Waals surface area contributed by atoms with Crippen molar-refractivity contribution in [3.8, 4) is 0 Å². The lowest BCUT2D eigenvalue weighted by molar-refractivity contribution is 0.172. The van der Waals surface area contributed by atoms with E-state index < -0.39 is 0 Å². The molecule has 1 atom stereocenters. The molecule has 0 aromatic carbocycles. The van der Waals surface area contributed by atoms with E-state index in [4.69, 9.17) is 0 Å². The van der Waals surface area contributed by atoms with E-state index in [2.05, 4.69) is 29.5 Å². The molecule has 4 nitrogen and oxygen atoms in total. The SMILES string of the molecule is CCC1CC(CC(C)Nc2cn(C)nn2)C1. The van der Waals surface area contributed by atoms with Crippen molar-refractivity contribution in [2.45, 2.75) is 45.6 Å². The second-order valence-electron chi connectivity index (χ2n) is 5.17. The molecule has 1 fully saturated rings. The fraction of sp³-hybridized carbons (Fsp3) is 0.833. The molecule has 1 unspecified atom stereocenters. The first kappa shape index (κ1) is 11.4. The summed E-state index contributed by atoms with van der Waals surface area (Å²) in [4.78, 5) is 0. The van der Waals surface area contributed by atoms with Gasteiger partial charge in [0.25, 0.3) is 0 Å². The Morgan fingerprint density at radius 2 is 2.25 bits per heavy atom. The van der Waals surface area contributed by atoms with E-state index in [1.54, 1.807) is 4.68 Å². The molecule has 0 aliphatic heterocycles.